The van der Waals surface area contributed by atoms with E-state index in [4.69, 9.17) is 22.1 Å². The molecule has 3 aromatic rings. The average Bonchev–Trinajstić information content (AvgIpc) is 2.93. The highest BCUT2D eigenvalue weighted by molar-refractivity contribution is 6.30. The van der Waals surface area contributed by atoms with Crippen LogP contribution in [0.4, 0.5) is 16.3 Å². The van der Waals surface area contributed by atoms with E-state index in [0.29, 0.717) is 41.4 Å². The Labute approximate surface area is 222 Å². The van der Waals surface area contributed by atoms with Crippen LogP contribution >= 0.6 is 11.6 Å². The Kier molecular flexibility index (Phi) is 8.31. The Balaban J connectivity index is 1.02. The van der Waals surface area contributed by atoms with Gasteiger partial charge < -0.3 is 20.3 Å². The van der Waals surface area contributed by atoms with Gasteiger partial charge in [-0.1, -0.05) is 29.8 Å². The van der Waals surface area contributed by atoms with E-state index in [-0.39, 0.29) is 17.8 Å². The van der Waals surface area contributed by atoms with Crippen LogP contribution in [0, 0.1) is 11.7 Å². The Morgan fingerprint density at radius 1 is 0.919 bits per heavy atom. The van der Waals surface area contributed by atoms with E-state index in [9.17, 15) is 4.39 Å². The molecule has 0 bridgehead atoms. The minimum Gasteiger partial charge on any atom is -0.490 e. The summed E-state index contributed by atoms with van der Waals surface area (Å²) in [7, 11) is 0. The molecule has 2 aliphatic rings. The number of piperidine rings is 2. The smallest absolute Gasteiger partial charge is 0.225 e. The van der Waals surface area contributed by atoms with Crippen LogP contribution in [0.2, 0.25) is 5.02 Å². The molecular weight excluding hydrogens is 493 g/mol. The molecule has 4 heterocycles. The van der Waals surface area contributed by atoms with E-state index >= 15 is 0 Å². The zero-order chi connectivity index (χ0) is 25.6. The lowest BCUT2D eigenvalue weighted by atomic mass is 9.85. The number of nitrogens with zero attached hydrogens (tertiary/aromatic N) is 6. The normalized spacial score (nSPS) is 20.7. The summed E-state index contributed by atoms with van der Waals surface area (Å²) in [4.78, 5) is 21.9. The molecule has 5 rings (SSSR count). The van der Waals surface area contributed by atoms with Crippen LogP contribution in [0.3, 0.4) is 0 Å². The number of ether oxygens (including phenoxy) is 1. The third-order valence-electron chi connectivity index (χ3n) is 7.39. The highest BCUT2D eigenvalue weighted by Crippen LogP contribution is 2.30. The summed E-state index contributed by atoms with van der Waals surface area (Å²) in [6.45, 7) is 3.88. The van der Waals surface area contributed by atoms with Gasteiger partial charge in [0.25, 0.3) is 0 Å². The van der Waals surface area contributed by atoms with Gasteiger partial charge in [-0.15, -0.1) is 0 Å². The lowest BCUT2D eigenvalue weighted by Crippen LogP contribution is -2.48. The number of nitrogens with two attached hydrogens (primary N) is 1. The number of rotatable bonds is 8. The number of anilines is 2. The molecule has 2 aromatic heterocycles. The molecular formula is C27H33ClFN7O. The van der Waals surface area contributed by atoms with Crippen molar-refractivity contribution in [3.63, 3.8) is 0 Å². The lowest BCUT2D eigenvalue weighted by molar-refractivity contribution is 0.277. The molecule has 0 saturated carbocycles. The van der Waals surface area contributed by atoms with E-state index in [1.807, 2.05) is 12.1 Å². The quantitative estimate of drug-likeness (QED) is 0.431. The van der Waals surface area contributed by atoms with Crippen molar-refractivity contribution in [1.29, 1.82) is 0 Å². The van der Waals surface area contributed by atoms with Gasteiger partial charge >= 0.3 is 0 Å². The molecule has 2 N–H and O–H groups in total. The van der Waals surface area contributed by atoms with Gasteiger partial charge in [-0.2, -0.15) is 0 Å². The maximum atomic E-state index is 14.2. The van der Waals surface area contributed by atoms with Crippen LogP contribution in [0.1, 0.15) is 43.6 Å². The van der Waals surface area contributed by atoms with Crippen molar-refractivity contribution < 1.29 is 9.13 Å². The van der Waals surface area contributed by atoms with Crippen molar-refractivity contribution >= 4 is 23.5 Å². The standard InChI is InChI=1S/C27H33ClFN7O/c28-20-14-31-26(32-15-20)35-10-7-19(8-11-35)4-3-13-37-21-16-33-27(34-17-21)36-12-9-23(25(30)18-36)22-5-1-2-6-24(22)29/h1-2,5-6,14-17,19,23,25H,3-4,7-13,18,30H2/t23-,25+/m0/s1. The monoisotopic (exact) mass is 525 g/mol. The fourth-order valence-electron chi connectivity index (χ4n) is 5.33. The largest absolute Gasteiger partial charge is 0.490 e. The average molecular weight is 526 g/mol. The van der Waals surface area contributed by atoms with E-state index in [0.717, 1.165) is 57.7 Å². The summed E-state index contributed by atoms with van der Waals surface area (Å²) in [5.74, 6) is 2.55. The van der Waals surface area contributed by atoms with Gasteiger partial charge in [-0.3, -0.25) is 0 Å². The summed E-state index contributed by atoms with van der Waals surface area (Å²) in [6.07, 6.45) is 11.9. The van der Waals surface area contributed by atoms with Crippen LogP contribution in [0.25, 0.3) is 0 Å². The highest BCUT2D eigenvalue weighted by atomic mass is 35.5. The summed E-state index contributed by atoms with van der Waals surface area (Å²) >= 11 is 5.89. The number of hydrogen-bond donors (Lipinski definition) is 1. The second kappa shape index (κ2) is 12.0. The van der Waals surface area contributed by atoms with E-state index in [1.54, 1.807) is 30.9 Å². The molecule has 0 aliphatic carbocycles. The number of benzene rings is 1. The first-order chi connectivity index (χ1) is 18.1. The van der Waals surface area contributed by atoms with Crippen LogP contribution in [0.15, 0.2) is 49.1 Å². The molecule has 2 aliphatic heterocycles. The Morgan fingerprint density at radius 3 is 2.27 bits per heavy atom. The van der Waals surface area contributed by atoms with Crippen molar-refractivity contribution in [2.75, 3.05) is 42.6 Å². The number of aromatic nitrogens is 4. The predicted molar refractivity (Wildman–Crippen MR) is 143 cm³/mol. The third-order valence-corrected chi connectivity index (χ3v) is 7.58. The molecule has 2 saturated heterocycles. The molecule has 0 amide bonds. The van der Waals surface area contributed by atoms with E-state index < -0.39 is 0 Å². The van der Waals surface area contributed by atoms with Gasteiger partial charge in [0.05, 0.1) is 36.4 Å². The fourth-order valence-corrected chi connectivity index (χ4v) is 5.42. The maximum absolute atomic E-state index is 14.2. The molecule has 37 heavy (non-hydrogen) atoms. The molecule has 8 nitrogen and oxygen atoms in total. The van der Waals surface area contributed by atoms with Crippen LogP contribution in [-0.4, -0.2) is 58.8 Å². The zero-order valence-corrected chi connectivity index (χ0v) is 21.6. The van der Waals surface area contributed by atoms with Crippen LogP contribution in [-0.2, 0) is 0 Å². The minimum atomic E-state index is -0.188. The Hall–Kier alpha value is -3.04. The lowest BCUT2D eigenvalue weighted by Gasteiger charge is -2.37. The fraction of sp³-hybridized carbons (Fsp3) is 0.481. The van der Waals surface area contributed by atoms with Gasteiger partial charge in [0, 0.05) is 38.1 Å². The second-order valence-electron chi connectivity index (χ2n) is 9.87. The van der Waals surface area contributed by atoms with E-state index in [2.05, 4.69) is 29.7 Å². The molecule has 0 spiro atoms. The molecule has 10 heteroatoms. The first-order valence-electron chi connectivity index (χ1n) is 13.0. The Bertz CT molecular complexity index is 1140. The summed E-state index contributed by atoms with van der Waals surface area (Å²) < 4.78 is 20.1. The summed E-state index contributed by atoms with van der Waals surface area (Å²) in [6, 6.07) is 6.71. The van der Waals surface area contributed by atoms with Crippen molar-refractivity contribution in [3.8, 4) is 5.75 Å². The minimum absolute atomic E-state index is 0.00179. The number of halogens is 2. The molecule has 0 radical (unpaired) electrons. The molecule has 196 valence electrons. The molecule has 2 fully saturated rings. The SMILES string of the molecule is N[C@@H]1CN(c2ncc(OCCCC3CCN(c4ncc(Cl)cn4)CC3)cn2)CC[C@H]1c1ccccc1F. The van der Waals surface area contributed by atoms with Gasteiger partial charge in [0.15, 0.2) is 5.75 Å². The first kappa shape index (κ1) is 25.6. The predicted octanol–water partition coefficient (Wildman–Crippen LogP) is 4.46. The van der Waals surface area contributed by atoms with Gasteiger partial charge in [-0.25, -0.2) is 24.3 Å². The summed E-state index contributed by atoms with van der Waals surface area (Å²) in [5, 5.41) is 0.559. The molecule has 0 unspecified atom stereocenters. The van der Waals surface area contributed by atoms with Gasteiger partial charge in [0.1, 0.15) is 5.82 Å². The first-order valence-corrected chi connectivity index (χ1v) is 13.4. The zero-order valence-electron chi connectivity index (χ0n) is 20.8. The van der Waals surface area contributed by atoms with Gasteiger partial charge in [-0.05, 0) is 49.7 Å². The maximum Gasteiger partial charge on any atom is 0.225 e. The van der Waals surface area contributed by atoms with Crippen molar-refractivity contribution in [2.24, 2.45) is 11.7 Å². The Morgan fingerprint density at radius 2 is 1.57 bits per heavy atom. The molecule has 1 aromatic carbocycles. The second-order valence-corrected chi connectivity index (χ2v) is 10.3. The topological polar surface area (TPSA) is 93.3 Å². The third kappa shape index (κ3) is 6.45. The molecule has 2 atom stereocenters. The highest BCUT2D eigenvalue weighted by Gasteiger charge is 2.30. The van der Waals surface area contributed by atoms with E-state index in [1.165, 1.54) is 6.07 Å². The van der Waals surface area contributed by atoms with Crippen LogP contribution < -0.4 is 20.3 Å². The van der Waals surface area contributed by atoms with Gasteiger partial charge in [0.2, 0.25) is 11.9 Å². The van der Waals surface area contributed by atoms with Crippen LogP contribution in [0.5, 0.6) is 5.75 Å². The summed E-state index contributed by atoms with van der Waals surface area (Å²) in [5.41, 5.74) is 7.12. The van der Waals surface area contributed by atoms with Crippen molar-refractivity contribution in [1.82, 2.24) is 19.9 Å². The van der Waals surface area contributed by atoms with Crippen molar-refractivity contribution in [3.05, 3.63) is 65.5 Å². The van der Waals surface area contributed by atoms with Crippen molar-refractivity contribution in [2.45, 2.75) is 44.1 Å². The number of hydrogen-bond acceptors (Lipinski definition) is 8.